The van der Waals surface area contributed by atoms with Crippen molar-refractivity contribution in [2.45, 2.75) is 26.3 Å². The zero-order chi connectivity index (χ0) is 11.7. The monoisotopic (exact) mass is 223 g/mol. The molecule has 1 aromatic rings. The molecule has 5 nitrogen and oxygen atoms in total. The highest BCUT2D eigenvalue weighted by molar-refractivity contribution is 5.91. The Morgan fingerprint density at radius 2 is 2.50 bits per heavy atom. The van der Waals surface area contributed by atoms with Crippen molar-refractivity contribution < 1.29 is 9.32 Å². The molecule has 0 aliphatic carbocycles. The van der Waals surface area contributed by atoms with Crippen LogP contribution < -0.4 is 5.73 Å². The number of likely N-dealkylation sites (tertiary alicyclic amines) is 1. The Labute approximate surface area is 94.6 Å². The molecule has 16 heavy (non-hydrogen) atoms. The Bertz CT molecular complexity index is 388. The lowest BCUT2D eigenvalue weighted by molar-refractivity contribution is 0.0701. The highest BCUT2D eigenvalue weighted by atomic mass is 16.5. The van der Waals surface area contributed by atoms with Gasteiger partial charge in [0.25, 0.3) is 5.91 Å². The van der Waals surface area contributed by atoms with E-state index in [1.54, 1.807) is 13.0 Å². The molecule has 2 N–H and O–H groups in total. The van der Waals surface area contributed by atoms with Gasteiger partial charge in [-0.2, -0.15) is 0 Å². The van der Waals surface area contributed by atoms with Crippen LogP contribution in [0.2, 0.25) is 0 Å². The minimum absolute atomic E-state index is 0.0796. The third kappa shape index (κ3) is 1.95. The molecule has 5 heteroatoms. The van der Waals surface area contributed by atoms with E-state index in [9.17, 15) is 4.79 Å². The maximum Gasteiger partial charge on any atom is 0.292 e. The summed E-state index contributed by atoms with van der Waals surface area (Å²) >= 11 is 0. The molecule has 1 amide bonds. The molecule has 1 aromatic heterocycles. The minimum Gasteiger partial charge on any atom is -0.351 e. The smallest absolute Gasteiger partial charge is 0.292 e. The molecular formula is C11H17N3O2. The SMILES string of the molecule is Cc1cc(C(=O)N2CC(CN)CC2C)on1. The molecule has 2 rings (SSSR count). The maximum atomic E-state index is 12.1. The van der Waals surface area contributed by atoms with Gasteiger partial charge in [0.2, 0.25) is 5.76 Å². The number of aryl methyl sites for hydroxylation is 1. The number of carbonyl (C=O) groups is 1. The molecule has 1 aliphatic rings. The van der Waals surface area contributed by atoms with E-state index in [2.05, 4.69) is 5.16 Å². The number of hydrogen-bond acceptors (Lipinski definition) is 4. The lowest BCUT2D eigenvalue weighted by atomic mass is 10.1. The van der Waals surface area contributed by atoms with Gasteiger partial charge in [-0.1, -0.05) is 5.16 Å². The van der Waals surface area contributed by atoms with Crippen LogP contribution in [0.1, 0.15) is 29.6 Å². The maximum absolute atomic E-state index is 12.1. The van der Waals surface area contributed by atoms with Gasteiger partial charge in [0.1, 0.15) is 0 Å². The molecule has 2 heterocycles. The average Bonchev–Trinajstić information content (AvgIpc) is 2.83. The Kier molecular flexibility index (Phi) is 2.96. The highest BCUT2D eigenvalue weighted by Gasteiger charge is 2.33. The second-order valence-corrected chi connectivity index (χ2v) is 4.48. The number of nitrogens with zero attached hydrogens (tertiary/aromatic N) is 2. The van der Waals surface area contributed by atoms with Crippen molar-refractivity contribution in [3.63, 3.8) is 0 Å². The average molecular weight is 223 g/mol. The number of hydrogen-bond donors (Lipinski definition) is 1. The second-order valence-electron chi connectivity index (χ2n) is 4.48. The highest BCUT2D eigenvalue weighted by Crippen LogP contribution is 2.24. The zero-order valence-corrected chi connectivity index (χ0v) is 9.64. The Morgan fingerprint density at radius 1 is 1.75 bits per heavy atom. The van der Waals surface area contributed by atoms with Crippen LogP contribution in [-0.2, 0) is 0 Å². The molecule has 2 atom stereocenters. The molecule has 2 unspecified atom stereocenters. The van der Waals surface area contributed by atoms with Crippen LogP contribution >= 0.6 is 0 Å². The van der Waals surface area contributed by atoms with E-state index in [0.29, 0.717) is 18.2 Å². The number of carbonyl (C=O) groups excluding carboxylic acids is 1. The Balaban J connectivity index is 2.11. The summed E-state index contributed by atoms with van der Waals surface area (Å²) in [5.41, 5.74) is 6.35. The van der Waals surface area contributed by atoms with Gasteiger partial charge in [0.05, 0.1) is 5.69 Å². The van der Waals surface area contributed by atoms with Crippen molar-refractivity contribution in [3.05, 3.63) is 17.5 Å². The predicted octanol–water partition coefficient (Wildman–Crippen LogP) is 0.792. The predicted molar refractivity (Wildman–Crippen MR) is 58.9 cm³/mol. The molecule has 1 fully saturated rings. The van der Waals surface area contributed by atoms with Crippen molar-refractivity contribution in [3.8, 4) is 0 Å². The fraction of sp³-hybridized carbons (Fsp3) is 0.636. The van der Waals surface area contributed by atoms with E-state index >= 15 is 0 Å². The summed E-state index contributed by atoms with van der Waals surface area (Å²) in [6.07, 6.45) is 0.968. The van der Waals surface area contributed by atoms with Gasteiger partial charge in [-0.15, -0.1) is 0 Å². The van der Waals surface area contributed by atoms with E-state index in [0.717, 1.165) is 18.7 Å². The first-order chi connectivity index (χ1) is 7.61. The van der Waals surface area contributed by atoms with Gasteiger partial charge in [0, 0.05) is 18.7 Å². The standard InChI is InChI=1S/C11H17N3O2/c1-7-3-10(16-13-7)11(15)14-6-9(5-12)4-8(14)2/h3,8-9H,4-6,12H2,1-2H3. The lowest BCUT2D eigenvalue weighted by Crippen LogP contribution is -2.34. The normalized spacial score (nSPS) is 25.1. The third-order valence-electron chi connectivity index (χ3n) is 3.09. The first-order valence-corrected chi connectivity index (χ1v) is 5.56. The van der Waals surface area contributed by atoms with Crippen molar-refractivity contribution in [2.75, 3.05) is 13.1 Å². The summed E-state index contributed by atoms with van der Waals surface area (Å²) in [6.45, 7) is 5.19. The minimum atomic E-state index is -0.0796. The van der Waals surface area contributed by atoms with Crippen LogP contribution in [0, 0.1) is 12.8 Å². The summed E-state index contributed by atoms with van der Waals surface area (Å²) in [7, 11) is 0. The van der Waals surface area contributed by atoms with Crippen molar-refractivity contribution in [1.82, 2.24) is 10.1 Å². The van der Waals surface area contributed by atoms with Gasteiger partial charge in [-0.05, 0) is 32.7 Å². The quantitative estimate of drug-likeness (QED) is 0.804. The van der Waals surface area contributed by atoms with Crippen LogP contribution in [-0.4, -0.2) is 35.1 Å². The van der Waals surface area contributed by atoms with Crippen LogP contribution in [0.25, 0.3) is 0 Å². The van der Waals surface area contributed by atoms with Crippen LogP contribution in [0.3, 0.4) is 0 Å². The summed E-state index contributed by atoms with van der Waals surface area (Å²) in [5, 5.41) is 3.73. The molecule has 1 saturated heterocycles. The van der Waals surface area contributed by atoms with E-state index in [1.165, 1.54) is 0 Å². The Morgan fingerprint density at radius 3 is 3.00 bits per heavy atom. The van der Waals surface area contributed by atoms with Crippen LogP contribution in [0.15, 0.2) is 10.6 Å². The largest absolute Gasteiger partial charge is 0.351 e. The van der Waals surface area contributed by atoms with Crippen molar-refractivity contribution in [2.24, 2.45) is 11.7 Å². The second kappa shape index (κ2) is 4.25. The fourth-order valence-corrected chi connectivity index (χ4v) is 2.20. The molecular weight excluding hydrogens is 206 g/mol. The number of amides is 1. The van der Waals surface area contributed by atoms with E-state index in [1.807, 2.05) is 11.8 Å². The fourth-order valence-electron chi connectivity index (χ4n) is 2.20. The number of aromatic nitrogens is 1. The van der Waals surface area contributed by atoms with Crippen LogP contribution in [0.4, 0.5) is 0 Å². The molecule has 0 saturated carbocycles. The zero-order valence-electron chi connectivity index (χ0n) is 9.64. The van der Waals surface area contributed by atoms with E-state index in [4.69, 9.17) is 10.3 Å². The van der Waals surface area contributed by atoms with Gasteiger partial charge in [-0.25, -0.2) is 0 Å². The molecule has 0 spiro atoms. The van der Waals surface area contributed by atoms with Gasteiger partial charge < -0.3 is 15.2 Å². The van der Waals surface area contributed by atoms with Gasteiger partial charge in [-0.3, -0.25) is 4.79 Å². The number of nitrogens with two attached hydrogens (primary N) is 1. The lowest BCUT2D eigenvalue weighted by Gasteiger charge is -2.19. The molecule has 88 valence electrons. The Hall–Kier alpha value is -1.36. The van der Waals surface area contributed by atoms with Gasteiger partial charge >= 0.3 is 0 Å². The first kappa shape index (κ1) is 11.1. The van der Waals surface area contributed by atoms with E-state index in [-0.39, 0.29) is 11.9 Å². The molecule has 0 aromatic carbocycles. The van der Waals surface area contributed by atoms with Crippen molar-refractivity contribution >= 4 is 5.91 Å². The summed E-state index contributed by atoms with van der Waals surface area (Å²) in [6, 6.07) is 1.90. The van der Waals surface area contributed by atoms with Gasteiger partial charge in [0.15, 0.2) is 0 Å². The summed E-state index contributed by atoms with van der Waals surface area (Å²) < 4.78 is 4.98. The molecule has 0 radical (unpaired) electrons. The van der Waals surface area contributed by atoms with Crippen LogP contribution in [0.5, 0.6) is 0 Å². The molecule has 1 aliphatic heterocycles. The third-order valence-corrected chi connectivity index (χ3v) is 3.09. The summed E-state index contributed by atoms with van der Waals surface area (Å²) in [4.78, 5) is 13.9. The van der Waals surface area contributed by atoms with Crippen molar-refractivity contribution in [1.29, 1.82) is 0 Å². The van der Waals surface area contributed by atoms with E-state index < -0.39 is 0 Å². The summed E-state index contributed by atoms with van der Waals surface area (Å²) in [5.74, 6) is 0.647. The molecule has 0 bridgehead atoms. The number of rotatable bonds is 2. The first-order valence-electron chi connectivity index (χ1n) is 5.56. The topological polar surface area (TPSA) is 72.4 Å².